The van der Waals surface area contributed by atoms with Crippen molar-refractivity contribution in [2.75, 3.05) is 0 Å². The lowest BCUT2D eigenvalue weighted by Gasteiger charge is -2.19. The maximum atomic E-state index is 13.3. The molecule has 0 atom stereocenters. The normalized spacial score (nSPS) is 12.5. The first-order chi connectivity index (χ1) is 10.6. The molecular weight excluding hydrogens is 318 g/mol. The van der Waals surface area contributed by atoms with Gasteiger partial charge in [0.25, 0.3) is 0 Å². The van der Waals surface area contributed by atoms with Gasteiger partial charge >= 0.3 is 12.4 Å². The average Bonchev–Trinajstić information content (AvgIpc) is 2.45. The maximum absolute atomic E-state index is 13.3. The summed E-state index contributed by atoms with van der Waals surface area (Å²) in [7, 11) is 0. The van der Waals surface area contributed by atoms with Crippen LogP contribution in [0.15, 0.2) is 42.5 Å². The second-order valence-corrected chi connectivity index (χ2v) is 5.17. The Labute approximate surface area is 129 Å². The van der Waals surface area contributed by atoms with Crippen molar-refractivity contribution in [1.82, 2.24) is 0 Å². The minimum atomic E-state index is -5.10. The second-order valence-electron chi connectivity index (χ2n) is 5.17. The van der Waals surface area contributed by atoms with Crippen LogP contribution in [0.25, 0.3) is 11.1 Å². The Bertz CT molecular complexity index is 682. The summed E-state index contributed by atoms with van der Waals surface area (Å²) in [6.45, 7) is 1.91. The molecule has 0 heterocycles. The van der Waals surface area contributed by atoms with Crippen LogP contribution in [0.5, 0.6) is 0 Å². The fourth-order valence-electron chi connectivity index (χ4n) is 2.52. The van der Waals surface area contributed by atoms with Crippen molar-refractivity contribution in [2.45, 2.75) is 32.1 Å². The van der Waals surface area contributed by atoms with Gasteiger partial charge in [0.05, 0.1) is 11.1 Å². The van der Waals surface area contributed by atoms with E-state index in [4.69, 9.17) is 0 Å². The molecule has 0 spiro atoms. The molecular formula is C17H14F6. The Morgan fingerprint density at radius 3 is 2.04 bits per heavy atom. The van der Waals surface area contributed by atoms with Crippen LogP contribution >= 0.6 is 0 Å². The summed E-state index contributed by atoms with van der Waals surface area (Å²) in [6, 6.07) is 8.73. The number of aryl methyl sites for hydroxylation is 1. The number of halogens is 6. The van der Waals surface area contributed by atoms with Crippen LogP contribution in [0, 0.1) is 0 Å². The Kier molecular flexibility index (Phi) is 4.73. The summed E-state index contributed by atoms with van der Waals surface area (Å²) in [5, 5.41) is 0. The Morgan fingerprint density at radius 2 is 1.48 bits per heavy atom. The molecule has 0 bridgehead atoms. The van der Waals surface area contributed by atoms with E-state index in [1.54, 1.807) is 12.1 Å². The summed E-state index contributed by atoms with van der Waals surface area (Å²) < 4.78 is 78.7. The standard InChI is InChI=1S/C17H14F6/c1-2-5-11-6-3-7-12(10-11)13-8-4-9-14(16(18,19)20)15(13)17(21,22)23/h3-4,6-10H,2,5H2,1H3. The summed E-state index contributed by atoms with van der Waals surface area (Å²) >= 11 is 0. The van der Waals surface area contributed by atoms with E-state index in [1.165, 1.54) is 12.1 Å². The fraction of sp³-hybridized carbons (Fsp3) is 0.294. The van der Waals surface area contributed by atoms with Crippen molar-refractivity contribution in [3.8, 4) is 11.1 Å². The molecule has 0 aromatic heterocycles. The highest BCUT2D eigenvalue weighted by molar-refractivity contribution is 5.70. The molecule has 0 fully saturated rings. The van der Waals surface area contributed by atoms with Gasteiger partial charge in [-0.25, -0.2) is 0 Å². The summed E-state index contributed by atoms with van der Waals surface area (Å²) in [4.78, 5) is 0. The van der Waals surface area contributed by atoms with Gasteiger partial charge in [0, 0.05) is 0 Å². The van der Waals surface area contributed by atoms with Crippen LogP contribution in [0.1, 0.15) is 30.0 Å². The lowest BCUT2D eigenvalue weighted by molar-refractivity contribution is -0.161. The Balaban J connectivity index is 2.70. The van der Waals surface area contributed by atoms with Gasteiger partial charge in [-0.2, -0.15) is 26.3 Å². The number of rotatable bonds is 3. The highest BCUT2D eigenvalue weighted by Crippen LogP contribution is 2.45. The third-order valence-electron chi connectivity index (χ3n) is 3.43. The first-order valence-corrected chi connectivity index (χ1v) is 7.01. The van der Waals surface area contributed by atoms with Crippen molar-refractivity contribution < 1.29 is 26.3 Å². The van der Waals surface area contributed by atoms with Crippen LogP contribution in [-0.4, -0.2) is 0 Å². The zero-order valence-electron chi connectivity index (χ0n) is 12.2. The van der Waals surface area contributed by atoms with Crippen LogP contribution in [0.3, 0.4) is 0 Å². The van der Waals surface area contributed by atoms with Gasteiger partial charge in [0.1, 0.15) is 0 Å². The van der Waals surface area contributed by atoms with Crippen LogP contribution in [0.2, 0.25) is 0 Å². The van der Waals surface area contributed by atoms with E-state index in [9.17, 15) is 26.3 Å². The van der Waals surface area contributed by atoms with E-state index >= 15 is 0 Å². The largest absolute Gasteiger partial charge is 0.417 e. The third kappa shape index (κ3) is 3.86. The molecule has 0 aliphatic carbocycles. The van der Waals surface area contributed by atoms with Gasteiger partial charge in [-0.05, 0) is 29.2 Å². The van der Waals surface area contributed by atoms with Gasteiger partial charge in [0.2, 0.25) is 0 Å². The molecule has 23 heavy (non-hydrogen) atoms. The monoisotopic (exact) mass is 332 g/mol. The second kappa shape index (κ2) is 6.26. The molecule has 0 saturated carbocycles. The minimum Gasteiger partial charge on any atom is -0.166 e. The van der Waals surface area contributed by atoms with Gasteiger partial charge in [-0.3, -0.25) is 0 Å². The highest BCUT2D eigenvalue weighted by Gasteiger charge is 2.44. The summed E-state index contributed by atoms with van der Waals surface area (Å²) in [6.07, 6.45) is -8.73. The first-order valence-electron chi connectivity index (χ1n) is 7.01. The molecule has 0 N–H and O–H groups in total. The van der Waals surface area contributed by atoms with E-state index in [0.29, 0.717) is 12.5 Å². The zero-order valence-corrected chi connectivity index (χ0v) is 12.2. The van der Waals surface area contributed by atoms with Crippen LogP contribution in [-0.2, 0) is 18.8 Å². The molecule has 6 heteroatoms. The molecule has 0 amide bonds. The smallest absolute Gasteiger partial charge is 0.166 e. The zero-order chi connectivity index (χ0) is 17.3. The quantitative estimate of drug-likeness (QED) is 0.575. The minimum absolute atomic E-state index is 0.134. The van der Waals surface area contributed by atoms with E-state index in [1.807, 2.05) is 6.92 Å². The van der Waals surface area contributed by atoms with Gasteiger partial charge in [0.15, 0.2) is 0 Å². The number of hydrogen-bond acceptors (Lipinski definition) is 0. The molecule has 0 aliphatic heterocycles. The van der Waals surface area contributed by atoms with E-state index in [-0.39, 0.29) is 5.56 Å². The molecule has 0 saturated heterocycles. The van der Waals surface area contributed by atoms with Gasteiger partial charge < -0.3 is 0 Å². The summed E-state index contributed by atoms with van der Waals surface area (Å²) in [5.41, 5.74) is -2.83. The van der Waals surface area contributed by atoms with Crippen LogP contribution in [0.4, 0.5) is 26.3 Å². The SMILES string of the molecule is CCCc1cccc(-c2cccc(C(F)(F)F)c2C(F)(F)F)c1. The van der Waals surface area contributed by atoms with Crippen molar-refractivity contribution in [3.63, 3.8) is 0 Å². The average molecular weight is 332 g/mol. The predicted molar refractivity (Wildman–Crippen MR) is 75.9 cm³/mol. The van der Waals surface area contributed by atoms with Crippen molar-refractivity contribution >= 4 is 0 Å². The van der Waals surface area contributed by atoms with Crippen LogP contribution < -0.4 is 0 Å². The lowest BCUT2D eigenvalue weighted by Crippen LogP contribution is -2.17. The highest BCUT2D eigenvalue weighted by atomic mass is 19.4. The van der Waals surface area contributed by atoms with Crippen molar-refractivity contribution in [2.24, 2.45) is 0 Å². The molecule has 0 radical (unpaired) electrons. The molecule has 124 valence electrons. The summed E-state index contributed by atoms with van der Waals surface area (Å²) in [5.74, 6) is 0. The molecule has 2 rings (SSSR count). The lowest BCUT2D eigenvalue weighted by atomic mass is 9.93. The number of alkyl halides is 6. The molecule has 0 aliphatic rings. The predicted octanol–water partition coefficient (Wildman–Crippen LogP) is 6.34. The topological polar surface area (TPSA) is 0 Å². The van der Waals surface area contributed by atoms with E-state index < -0.39 is 29.0 Å². The maximum Gasteiger partial charge on any atom is 0.417 e. The Morgan fingerprint density at radius 1 is 0.826 bits per heavy atom. The third-order valence-corrected chi connectivity index (χ3v) is 3.43. The first kappa shape index (κ1) is 17.4. The van der Waals surface area contributed by atoms with Gasteiger partial charge in [-0.15, -0.1) is 0 Å². The van der Waals surface area contributed by atoms with E-state index in [2.05, 4.69) is 0 Å². The Hall–Kier alpha value is -1.98. The number of benzene rings is 2. The molecule has 2 aromatic rings. The van der Waals surface area contributed by atoms with E-state index in [0.717, 1.165) is 24.1 Å². The van der Waals surface area contributed by atoms with Crippen molar-refractivity contribution in [3.05, 3.63) is 59.2 Å². The number of hydrogen-bond donors (Lipinski definition) is 0. The van der Waals surface area contributed by atoms with Crippen molar-refractivity contribution in [1.29, 1.82) is 0 Å². The molecule has 0 nitrogen and oxygen atoms in total. The molecule has 2 aromatic carbocycles. The van der Waals surface area contributed by atoms with Gasteiger partial charge in [-0.1, -0.05) is 49.7 Å². The molecule has 0 unspecified atom stereocenters. The fourth-order valence-corrected chi connectivity index (χ4v) is 2.52.